The number of Topliss-reactive ketones (excluding diaryl/α,β-unsaturated/α-hetero) is 1. The number of hydrogen-bond acceptors (Lipinski definition) is 4. The van der Waals surface area contributed by atoms with Crippen LogP contribution in [-0.2, 0) is 9.59 Å². The molecule has 116 valence electrons. The van der Waals surface area contributed by atoms with E-state index in [1.54, 1.807) is 5.01 Å². The number of hydrogen-bond donors (Lipinski definition) is 1. The van der Waals surface area contributed by atoms with Gasteiger partial charge in [-0.3, -0.25) is 14.6 Å². The van der Waals surface area contributed by atoms with Gasteiger partial charge in [-0.2, -0.15) is 0 Å². The minimum atomic E-state index is -0.371. The largest absolute Gasteiger partial charge is 0.303 e. The van der Waals surface area contributed by atoms with Gasteiger partial charge in [0.05, 0.1) is 6.54 Å². The third kappa shape index (κ3) is 4.03. The summed E-state index contributed by atoms with van der Waals surface area (Å²) >= 11 is 0. The fraction of sp³-hybridized carbons (Fsp3) is 0.867. The van der Waals surface area contributed by atoms with Gasteiger partial charge in [0.15, 0.2) is 0 Å². The number of carbonyl (C=O) groups is 2. The lowest BCUT2D eigenvalue weighted by Gasteiger charge is -2.30. The van der Waals surface area contributed by atoms with Gasteiger partial charge in [0.25, 0.3) is 0 Å². The number of rotatable bonds is 4. The van der Waals surface area contributed by atoms with E-state index in [0.29, 0.717) is 13.0 Å². The zero-order valence-electron chi connectivity index (χ0n) is 13.9. The minimum absolute atomic E-state index is 0.0000231. The number of nitrogens with one attached hydrogen (secondary N) is 1. The van der Waals surface area contributed by atoms with Gasteiger partial charge in [-0.15, -0.1) is 0 Å². The van der Waals surface area contributed by atoms with E-state index in [9.17, 15) is 9.59 Å². The molecule has 1 saturated heterocycles. The fourth-order valence-electron chi connectivity index (χ4n) is 2.57. The SMILES string of the molecule is CN(C)C1CN(C(=O)CCC(=O)C(C)(C)C)NC1(C)C. The van der Waals surface area contributed by atoms with Crippen LogP contribution in [0.3, 0.4) is 0 Å². The molecule has 0 bridgehead atoms. The highest BCUT2D eigenvalue weighted by Gasteiger charge is 2.42. The summed E-state index contributed by atoms with van der Waals surface area (Å²) < 4.78 is 0. The number of hydrazine groups is 1. The van der Waals surface area contributed by atoms with Gasteiger partial charge in [0, 0.05) is 29.8 Å². The van der Waals surface area contributed by atoms with E-state index in [0.717, 1.165) is 0 Å². The molecule has 20 heavy (non-hydrogen) atoms. The number of amides is 1. The zero-order chi connectivity index (χ0) is 15.7. The van der Waals surface area contributed by atoms with Gasteiger partial charge >= 0.3 is 0 Å². The van der Waals surface area contributed by atoms with E-state index in [1.807, 2.05) is 34.9 Å². The Morgan fingerprint density at radius 1 is 1.25 bits per heavy atom. The molecule has 5 nitrogen and oxygen atoms in total. The Labute approximate surface area is 122 Å². The van der Waals surface area contributed by atoms with E-state index >= 15 is 0 Å². The molecule has 0 aromatic rings. The second kappa shape index (κ2) is 5.82. The lowest BCUT2D eigenvalue weighted by Crippen LogP contribution is -2.50. The van der Waals surface area contributed by atoms with Crippen LogP contribution in [0.25, 0.3) is 0 Å². The topological polar surface area (TPSA) is 52.7 Å². The van der Waals surface area contributed by atoms with E-state index in [-0.39, 0.29) is 35.1 Å². The van der Waals surface area contributed by atoms with Gasteiger partial charge in [0.2, 0.25) is 5.91 Å². The molecule has 1 atom stereocenters. The summed E-state index contributed by atoms with van der Waals surface area (Å²) in [5.41, 5.74) is 2.74. The first kappa shape index (κ1) is 17.1. The van der Waals surface area contributed by atoms with E-state index < -0.39 is 0 Å². The number of likely N-dealkylation sites (N-methyl/N-ethyl adjacent to an activating group) is 1. The van der Waals surface area contributed by atoms with Crippen LogP contribution >= 0.6 is 0 Å². The molecule has 1 amide bonds. The summed E-state index contributed by atoms with van der Waals surface area (Å²) in [5.74, 6) is 0.133. The Morgan fingerprint density at radius 2 is 1.80 bits per heavy atom. The van der Waals surface area contributed by atoms with Crippen LogP contribution < -0.4 is 5.43 Å². The van der Waals surface area contributed by atoms with Crippen molar-refractivity contribution in [1.29, 1.82) is 0 Å². The van der Waals surface area contributed by atoms with Crippen molar-refractivity contribution in [3.63, 3.8) is 0 Å². The van der Waals surface area contributed by atoms with Crippen molar-refractivity contribution >= 4 is 11.7 Å². The maximum atomic E-state index is 12.2. The van der Waals surface area contributed by atoms with Crippen LogP contribution in [0.5, 0.6) is 0 Å². The van der Waals surface area contributed by atoms with Crippen molar-refractivity contribution in [2.45, 2.75) is 59.0 Å². The first-order chi connectivity index (χ1) is 8.95. The van der Waals surface area contributed by atoms with Gasteiger partial charge in [-0.25, -0.2) is 5.43 Å². The summed E-state index contributed by atoms with van der Waals surface area (Å²) in [5, 5.41) is 1.67. The average Bonchev–Trinajstić information content (AvgIpc) is 2.60. The smallest absolute Gasteiger partial charge is 0.237 e. The van der Waals surface area contributed by atoms with Crippen LogP contribution in [0.1, 0.15) is 47.5 Å². The molecule has 0 spiro atoms. The Morgan fingerprint density at radius 3 is 2.20 bits per heavy atom. The van der Waals surface area contributed by atoms with Crippen LogP contribution in [0.2, 0.25) is 0 Å². The summed E-state index contributed by atoms with van der Waals surface area (Å²) in [6.45, 7) is 10.5. The molecule has 0 aliphatic carbocycles. The quantitative estimate of drug-likeness (QED) is 0.848. The van der Waals surface area contributed by atoms with Gasteiger partial charge in [0.1, 0.15) is 5.78 Å². The third-order valence-electron chi connectivity index (χ3n) is 3.94. The first-order valence-electron chi connectivity index (χ1n) is 7.23. The van der Waals surface area contributed by atoms with Crippen molar-refractivity contribution in [2.24, 2.45) is 5.41 Å². The first-order valence-corrected chi connectivity index (χ1v) is 7.23. The van der Waals surface area contributed by atoms with Crippen molar-refractivity contribution in [3.05, 3.63) is 0 Å². The molecule has 1 aliphatic rings. The maximum absolute atomic E-state index is 12.2. The molecule has 1 unspecified atom stereocenters. The van der Waals surface area contributed by atoms with Crippen molar-refractivity contribution < 1.29 is 9.59 Å². The van der Waals surface area contributed by atoms with E-state index in [2.05, 4.69) is 24.2 Å². The molecule has 1 fully saturated rings. The van der Waals surface area contributed by atoms with Crippen molar-refractivity contribution in [1.82, 2.24) is 15.3 Å². The zero-order valence-corrected chi connectivity index (χ0v) is 13.9. The molecule has 1 heterocycles. The highest BCUT2D eigenvalue weighted by atomic mass is 16.2. The molecular formula is C15H29N3O2. The van der Waals surface area contributed by atoms with Gasteiger partial charge in [-0.1, -0.05) is 20.8 Å². The average molecular weight is 283 g/mol. The third-order valence-corrected chi connectivity index (χ3v) is 3.94. The van der Waals surface area contributed by atoms with Crippen molar-refractivity contribution in [3.8, 4) is 0 Å². The number of ketones is 1. The summed E-state index contributed by atoms with van der Waals surface area (Å²) in [6.07, 6.45) is 0.590. The number of carbonyl (C=O) groups excluding carboxylic acids is 2. The predicted octanol–water partition coefficient (Wildman–Crippen LogP) is 1.44. The Hall–Kier alpha value is -0.940. The standard InChI is InChI=1S/C15H29N3O2/c1-14(2,3)12(19)8-9-13(20)18-10-11(17(6)7)15(4,5)16-18/h11,16H,8-10H2,1-7H3. The second-order valence-corrected chi connectivity index (χ2v) is 7.49. The highest BCUT2D eigenvalue weighted by molar-refractivity contribution is 5.88. The molecule has 1 rings (SSSR count). The Balaban J connectivity index is 2.57. The second-order valence-electron chi connectivity index (χ2n) is 7.49. The van der Waals surface area contributed by atoms with Crippen LogP contribution in [0, 0.1) is 5.41 Å². The molecule has 5 heteroatoms. The fourth-order valence-corrected chi connectivity index (χ4v) is 2.57. The summed E-state index contributed by atoms with van der Waals surface area (Å²) in [4.78, 5) is 26.2. The number of nitrogens with zero attached hydrogens (tertiary/aromatic N) is 2. The van der Waals surface area contributed by atoms with Gasteiger partial charge in [-0.05, 0) is 27.9 Å². The molecule has 0 aromatic carbocycles. The maximum Gasteiger partial charge on any atom is 0.237 e. The molecule has 1 N–H and O–H groups in total. The Bertz CT molecular complexity index is 383. The molecule has 0 radical (unpaired) electrons. The molecular weight excluding hydrogens is 254 g/mol. The molecule has 0 aromatic heterocycles. The minimum Gasteiger partial charge on any atom is -0.303 e. The normalized spacial score (nSPS) is 22.4. The van der Waals surface area contributed by atoms with E-state index in [1.165, 1.54) is 0 Å². The monoisotopic (exact) mass is 283 g/mol. The summed E-state index contributed by atoms with van der Waals surface area (Å²) in [7, 11) is 4.04. The van der Waals surface area contributed by atoms with E-state index in [4.69, 9.17) is 0 Å². The predicted molar refractivity (Wildman–Crippen MR) is 80.1 cm³/mol. The van der Waals surface area contributed by atoms with Crippen LogP contribution in [0.4, 0.5) is 0 Å². The van der Waals surface area contributed by atoms with Crippen LogP contribution in [-0.4, -0.2) is 53.8 Å². The Kier molecular flexibility index (Phi) is 4.98. The van der Waals surface area contributed by atoms with Crippen LogP contribution in [0.15, 0.2) is 0 Å². The van der Waals surface area contributed by atoms with Gasteiger partial charge < -0.3 is 4.90 Å². The molecule has 0 saturated carbocycles. The van der Waals surface area contributed by atoms with Crippen molar-refractivity contribution in [2.75, 3.05) is 20.6 Å². The summed E-state index contributed by atoms with van der Waals surface area (Å²) in [6, 6.07) is 0.268. The molecule has 1 aliphatic heterocycles. The highest BCUT2D eigenvalue weighted by Crippen LogP contribution is 2.23. The lowest BCUT2D eigenvalue weighted by atomic mass is 9.88. The lowest BCUT2D eigenvalue weighted by molar-refractivity contribution is -0.136.